The highest BCUT2D eigenvalue weighted by molar-refractivity contribution is 6.02. The predicted octanol–water partition coefficient (Wildman–Crippen LogP) is 2.33. The summed E-state index contributed by atoms with van der Waals surface area (Å²) in [5, 5.41) is 12.3. The minimum atomic E-state index is -1.28. The van der Waals surface area contributed by atoms with Crippen molar-refractivity contribution in [3.8, 4) is 0 Å². The molecule has 0 radical (unpaired) electrons. The van der Waals surface area contributed by atoms with Gasteiger partial charge in [-0.2, -0.15) is 0 Å². The van der Waals surface area contributed by atoms with Crippen LogP contribution in [0.1, 0.15) is 22.8 Å². The summed E-state index contributed by atoms with van der Waals surface area (Å²) in [5.74, 6) is -0.927. The van der Waals surface area contributed by atoms with Gasteiger partial charge in [0, 0.05) is 24.3 Å². The second-order valence-corrected chi connectivity index (χ2v) is 5.41. The summed E-state index contributed by atoms with van der Waals surface area (Å²) in [7, 11) is 0. The van der Waals surface area contributed by atoms with Crippen LogP contribution in [0.2, 0.25) is 0 Å². The number of halogens is 1. The van der Waals surface area contributed by atoms with Gasteiger partial charge in [0.1, 0.15) is 5.82 Å². The lowest BCUT2D eigenvalue weighted by Crippen LogP contribution is -2.16. The van der Waals surface area contributed by atoms with Crippen LogP contribution in [-0.2, 0) is 17.9 Å². The summed E-state index contributed by atoms with van der Waals surface area (Å²) in [4.78, 5) is 13.4. The minimum absolute atomic E-state index is 0.304. The van der Waals surface area contributed by atoms with Crippen LogP contribution in [-0.4, -0.2) is 11.0 Å². The molecule has 5 heteroatoms. The van der Waals surface area contributed by atoms with E-state index in [-0.39, 0.29) is 0 Å². The molecular weight excluding hydrogens is 271 g/mol. The maximum absolute atomic E-state index is 14.3. The molecule has 0 saturated carbocycles. The van der Waals surface area contributed by atoms with Crippen LogP contribution in [0.4, 0.5) is 15.8 Å². The molecule has 2 aliphatic heterocycles. The first kappa shape index (κ1) is 12.3. The average molecular weight is 284 g/mol. The fourth-order valence-corrected chi connectivity index (χ4v) is 3.00. The second kappa shape index (κ2) is 4.30. The van der Waals surface area contributed by atoms with Crippen molar-refractivity contribution in [2.45, 2.75) is 19.2 Å². The van der Waals surface area contributed by atoms with Gasteiger partial charge in [0.05, 0.1) is 5.69 Å². The maximum atomic E-state index is 14.3. The lowest BCUT2D eigenvalue weighted by molar-refractivity contribution is -0.123. The van der Waals surface area contributed by atoms with Gasteiger partial charge in [-0.3, -0.25) is 4.79 Å². The Labute approximate surface area is 120 Å². The van der Waals surface area contributed by atoms with E-state index in [2.05, 4.69) is 5.32 Å². The molecule has 21 heavy (non-hydrogen) atoms. The smallest absolute Gasteiger partial charge is 0.257 e. The lowest BCUT2D eigenvalue weighted by Gasteiger charge is -2.19. The van der Waals surface area contributed by atoms with E-state index in [1.165, 1.54) is 17.2 Å². The third kappa shape index (κ3) is 1.81. The zero-order valence-corrected chi connectivity index (χ0v) is 11.1. The Kier molecular flexibility index (Phi) is 2.53. The summed E-state index contributed by atoms with van der Waals surface area (Å²) in [5.41, 5.74) is 3.60. The largest absolute Gasteiger partial charge is 0.378 e. The molecule has 4 rings (SSSR count). The standard InChI is InChI=1S/C16H13FN2O2/c17-12-5-11-13(18-16(21)15(11)20)6-14(12)19-7-9-3-1-2-4-10(9)8-19/h1-6,15,20H,7-8H2,(H,18,21). The Morgan fingerprint density at radius 2 is 1.86 bits per heavy atom. The van der Waals surface area contributed by atoms with Crippen LogP contribution in [0.5, 0.6) is 0 Å². The van der Waals surface area contributed by atoms with Gasteiger partial charge in [0.2, 0.25) is 0 Å². The Morgan fingerprint density at radius 3 is 2.52 bits per heavy atom. The van der Waals surface area contributed by atoms with Gasteiger partial charge >= 0.3 is 0 Å². The van der Waals surface area contributed by atoms with Gasteiger partial charge < -0.3 is 15.3 Å². The quantitative estimate of drug-likeness (QED) is 0.845. The van der Waals surface area contributed by atoms with Crippen molar-refractivity contribution in [2.24, 2.45) is 0 Å². The van der Waals surface area contributed by atoms with E-state index in [1.807, 2.05) is 29.2 Å². The molecule has 0 aliphatic carbocycles. The zero-order chi connectivity index (χ0) is 14.6. The first-order chi connectivity index (χ1) is 10.1. The van der Waals surface area contributed by atoms with Crippen LogP contribution in [0.25, 0.3) is 0 Å². The van der Waals surface area contributed by atoms with E-state index in [0.717, 1.165) is 0 Å². The first-order valence-corrected chi connectivity index (χ1v) is 6.77. The van der Waals surface area contributed by atoms with Crippen molar-refractivity contribution in [1.29, 1.82) is 0 Å². The highest BCUT2D eigenvalue weighted by Crippen LogP contribution is 2.38. The molecule has 0 fully saturated rings. The van der Waals surface area contributed by atoms with E-state index in [9.17, 15) is 14.3 Å². The minimum Gasteiger partial charge on any atom is -0.378 e. The first-order valence-electron chi connectivity index (χ1n) is 6.77. The molecule has 0 bridgehead atoms. The van der Waals surface area contributed by atoms with Crippen molar-refractivity contribution in [3.63, 3.8) is 0 Å². The van der Waals surface area contributed by atoms with Gasteiger partial charge in [0.15, 0.2) is 6.10 Å². The van der Waals surface area contributed by atoms with Crippen LogP contribution in [0.3, 0.4) is 0 Å². The Hall–Kier alpha value is -2.40. The fourth-order valence-electron chi connectivity index (χ4n) is 3.00. The maximum Gasteiger partial charge on any atom is 0.257 e. The molecule has 106 valence electrons. The van der Waals surface area contributed by atoms with Crippen molar-refractivity contribution >= 4 is 17.3 Å². The van der Waals surface area contributed by atoms with Crippen molar-refractivity contribution in [2.75, 3.05) is 10.2 Å². The Morgan fingerprint density at radius 1 is 1.19 bits per heavy atom. The topological polar surface area (TPSA) is 52.6 Å². The summed E-state index contributed by atoms with van der Waals surface area (Å²) in [6.07, 6.45) is -1.28. The fraction of sp³-hybridized carbons (Fsp3) is 0.188. The van der Waals surface area contributed by atoms with Crippen LogP contribution < -0.4 is 10.2 Å². The Bertz CT molecular complexity index is 735. The van der Waals surface area contributed by atoms with Crippen LogP contribution in [0, 0.1) is 5.82 Å². The zero-order valence-electron chi connectivity index (χ0n) is 11.1. The number of carbonyl (C=O) groups is 1. The van der Waals surface area contributed by atoms with Crippen LogP contribution in [0.15, 0.2) is 36.4 Å². The number of carbonyl (C=O) groups excluding carboxylic acids is 1. The molecule has 0 aromatic heterocycles. The van der Waals surface area contributed by atoms with Gasteiger partial charge in [0.25, 0.3) is 5.91 Å². The second-order valence-electron chi connectivity index (χ2n) is 5.41. The number of nitrogens with zero attached hydrogens (tertiary/aromatic N) is 1. The predicted molar refractivity (Wildman–Crippen MR) is 76.3 cm³/mol. The van der Waals surface area contributed by atoms with Crippen molar-refractivity contribution in [3.05, 3.63) is 58.9 Å². The molecule has 1 atom stereocenters. The van der Waals surface area contributed by atoms with Crippen molar-refractivity contribution in [1.82, 2.24) is 0 Å². The number of amides is 1. The number of benzene rings is 2. The summed E-state index contributed by atoms with van der Waals surface area (Å²) >= 11 is 0. The van der Waals surface area contributed by atoms with E-state index < -0.39 is 17.8 Å². The van der Waals surface area contributed by atoms with E-state index in [0.29, 0.717) is 30.0 Å². The van der Waals surface area contributed by atoms with E-state index >= 15 is 0 Å². The molecule has 0 saturated heterocycles. The highest BCUT2D eigenvalue weighted by atomic mass is 19.1. The monoisotopic (exact) mass is 284 g/mol. The number of anilines is 2. The van der Waals surface area contributed by atoms with E-state index in [4.69, 9.17) is 0 Å². The number of rotatable bonds is 1. The van der Waals surface area contributed by atoms with Gasteiger partial charge in [-0.25, -0.2) is 4.39 Å². The van der Waals surface area contributed by atoms with Gasteiger partial charge in [-0.15, -0.1) is 0 Å². The molecule has 0 spiro atoms. The number of aliphatic hydroxyl groups excluding tert-OH is 1. The number of fused-ring (bicyclic) bond motifs is 2. The molecule has 1 unspecified atom stereocenters. The molecule has 2 aromatic carbocycles. The molecule has 2 aliphatic rings. The number of hydrogen-bond acceptors (Lipinski definition) is 3. The third-order valence-electron chi connectivity index (χ3n) is 4.10. The molecule has 2 N–H and O–H groups in total. The molecule has 4 nitrogen and oxygen atoms in total. The normalized spacial score (nSPS) is 19.4. The van der Waals surface area contributed by atoms with Crippen LogP contribution >= 0.6 is 0 Å². The number of hydrogen-bond donors (Lipinski definition) is 2. The SMILES string of the molecule is O=C1Nc2cc(N3Cc4ccccc4C3)c(F)cc2C1O. The molecule has 2 aromatic rings. The molecule has 1 amide bonds. The summed E-state index contributed by atoms with van der Waals surface area (Å²) in [6.45, 7) is 1.28. The molecular formula is C16H13FN2O2. The van der Waals surface area contributed by atoms with Gasteiger partial charge in [-0.1, -0.05) is 24.3 Å². The molecule has 2 heterocycles. The van der Waals surface area contributed by atoms with E-state index in [1.54, 1.807) is 6.07 Å². The van der Waals surface area contributed by atoms with Gasteiger partial charge in [-0.05, 0) is 23.3 Å². The lowest BCUT2D eigenvalue weighted by atomic mass is 10.1. The number of aliphatic hydroxyl groups is 1. The summed E-state index contributed by atoms with van der Waals surface area (Å²) in [6, 6.07) is 10.9. The third-order valence-corrected chi connectivity index (χ3v) is 4.10. The average Bonchev–Trinajstić information content (AvgIpc) is 3.01. The highest BCUT2D eigenvalue weighted by Gasteiger charge is 2.31. The number of nitrogens with one attached hydrogen (secondary N) is 1. The Balaban J connectivity index is 1.72. The van der Waals surface area contributed by atoms with Crippen molar-refractivity contribution < 1.29 is 14.3 Å². The summed E-state index contributed by atoms with van der Waals surface area (Å²) < 4.78 is 14.3.